The molecule has 0 aliphatic heterocycles. The van der Waals surface area contributed by atoms with E-state index in [2.05, 4.69) is 12.2 Å². The summed E-state index contributed by atoms with van der Waals surface area (Å²) in [5.74, 6) is 0. The number of thiophene rings is 2. The van der Waals surface area contributed by atoms with Gasteiger partial charge < -0.3 is 14.8 Å². The fourth-order valence-electron chi connectivity index (χ4n) is 2.69. The maximum Gasteiger partial charge on any atom is 0.410 e. The van der Waals surface area contributed by atoms with Crippen LogP contribution >= 0.6 is 22.7 Å². The molecule has 6 nitrogen and oxygen atoms in total. The van der Waals surface area contributed by atoms with E-state index in [0.29, 0.717) is 19.5 Å². The molecule has 30 heavy (non-hydrogen) atoms. The van der Waals surface area contributed by atoms with E-state index in [1.807, 2.05) is 55.8 Å². The maximum absolute atomic E-state index is 12.8. The van der Waals surface area contributed by atoms with Gasteiger partial charge in [0.2, 0.25) is 0 Å². The molecule has 0 aromatic carbocycles. The van der Waals surface area contributed by atoms with E-state index < -0.39 is 17.8 Å². The standard InChI is InChI=1S/C22H31N2O4S2/c1-5-6-9-17(23-20(25)28-22(2,3)4)16-27-21(26)24(14-18-10-7-12-29-18)15-19-11-8-13-30-19/h7-8,10-13,17H,1,5-6,9,14-16H2,2-4H3,(H,23,25)/t17-/m0/s1. The molecular weight excluding hydrogens is 420 g/mol. The molecule has 0 aliphatic rings. The highest BCUT2D eigenvalue weighted by atomic mass is 32.1. The largest absolute Gasteiger partial charge is 0.447 e. The molecule has 0 fully saturated rings. The van der Waals surface area contributed by atoms with Crippen molar-refractivity contribution in [2.75, 3.05) is 6.61 Å². The van der Waals surface area contributed by atoms with Crippen LogP contribution in [0.1, 0.15) is 49.8 Å². The van der Waals surface area contributed by atoms with Crippen LogP contribution in [0.4, 0.5) is 9.59 Å². The number of nitrogens with one attached hydrogen (secondary N) is 1. The minimum atomic E-state index is -0.587. The van der Waals surface area contributed by atoms with Crippen molar-refractivity contribution in [2.24, 2.45) is 0 Å². The number of hydrogen-bond acceptors (Lipinski definition) is 6. The average molecular weight is 452 g/mol. The number of alkyl carbamates (subject to hydrolysis) is 1. The Labute approximate surface area is 187 Å². The fraction of sp³-hybridized carbons (Fsp3) is 0.500. The Kier molecular flexibility index (Phi) is 9.65. The number of carbonyl (C=O) groups is 2. The number of carbonyl (C=O) groups excluding carboxylic acids is 2. The number of amides is 2. The highest BCUT2D eigenvalue weighted by molar-refractivity contribution is 7.10. The number of hydrogen-bond donors (Lipinski definition) is 1. The van der Waals surface area contributed by atoms with Gasteiger partial charge in [0.15, 0.2) is 0 Å². The third-order valence-corrected chi connectivity index (χ3v) is 5.77. The number of nitrogens with zero attached hydrogens (tertiary/aromatic N) is 1. The SMILES string of the molecule is [CH2]CCC[C@@H](COC(=O)N(Cc1cccs1)Cc1cccs1)NC(=O)OC(C)(C)C. The van der Waals surface area contributed by atoms with Crippen LogP contribution in [0.25, 0.3) is 0 Å². The van der Waals surface area contributed by atoms with Crippen molar-refractivity contribution in [3.63, 3.8) is 0 Å². The third kappa shape index (κ3) is 9.17. The second-order valence-corrected chi connectivity index (χ2v) is 10.00. The summed E-state index contributed by atoms with van der Waals surface area (Å²) in [7, 11) is 0. The lowest BCUT2D eigenvalue weighted by atomic mass is 10.1. The molecule has 1 radical (unpaired) electrons. The van der Waals surface area contributed by atoms with E-state index >= 15 is 0 Å². The van der Waals surface area contributed by atoms with Crippen molar-refractivity contribution in [3.05, 3.63) is 51.7 Å². The monoisotopic (exact) mass is 451 g/mol. The summed E-state index contributed by atoms with van der Waals surface area (Å²) in [6.07, 6.45) is 1.30. The Bertz CT molecular complexity index is 718. The highest BCUT2D eigenvalue weighted by Crippen LogP contribution is 2.18. The summed E-state index contributed by atoms with van der Waals surface area (Å²) >= 11 is 3.21. The van der Waals surface area contributed by atoms with Gasteiger partial charge in [-0.2, -0.15) is 0 Å². The molecular formula is C22H31N2O4S2. The van der Waals surface area contributed by atoms with E-state index in [9.17, 15) is 9.59 Å². The zero-order chi connectivity index (χ0) is 22.0. The highest BCUT2D eigenvalue weighted by Gasteiger charge is 2.22. The smallest absolute Gasteiger partial charge is 0.410 e. The molecule has 0 saturated carbocycles. The van der Waals surface area contributed by atoms with Gasteiger partial charge in [-0.25, -0.2) is 9.59 Å². The summed E-state index contributed by atoms with van der Waals surface area (Å²) in [5, 5.41) is 6.79. The van der Waals surface area contributed by atoms with Crippen LogP contribution < -0.4 is 5.32 Å². The molecule has 0 aliphatic carbocycles. The average Bonchev–Trinajstić information content (AvgIpc) is 3.35. The summed E-state index contributed by atoms with van der Waals surface area (Å²) in [4.78, 5) is 28.8. The molecule has 0 unspecified atom stereocenters. The molecule has 0 bridgehead atoms. The number of unbranched alkanes of at least 4 members (excludes halogenated alkanes) is 1. The lowest BCUT2D eigenvalue weighted by Crippen LogP contribution is -2.43. The molecule has 1 atom stereocenters. The quantitative estimate of drug-likeness (QED) is 0.492. The van der Waals surface area contributed by atoms with Crippen LogP contribution in [-0.4, -0.2) is 35.3 Å². The Hall–Kier alpha value is -2.06. The zero-order valence-electron chi connectivity index (χ0n) is 17.9. The molecule has 2 amide bonds. The van der Waals surface area contributed by atoms with Crippen molar-refractivity contribution in [2.45, 2.75) is 64.8 Å². The number of rotatable bonds is 10. The van der Waals surface area contributed by atoms with Crippen LogP contribution in [0, 0.1) is 6.92 Å². The van der Waals surface area contributed by atoms with Gasteiger partial charge in [-0.3, -0.25) is 4.90 Å². The summed E-state index contributed by atoms with van der Waals surface area (Å²) < 4.78 is 10.9. The first-order chi connectivity index (χ1) is 14.3. The van der Waals surface area contributed by atoms with Crippen molar-refractivity contribution in [3.8, 4) is 0 Å². The minimum absolute atomic E-state index is 0.0868. The Balaban J connectivity index is 1.97. The van der Waals surface area contributed by atoms with Crippen LogP contribution in [0.2, 0.25) is 0 Å². The molecule has 1 N–H and O–H groups in total. The predicted molar refractivity (Wildman–Crippen MR) is 122 cm³/mol. The van der Waals surface area contributed by atoms with Crippen molar-refractivity contribution >= 4 is 34.9 Å². The van der Waals surface area contributed by atoms with E-state index in [-0.39, 0.29) is 12.6 Å². The second kappa shape index (κ2) is 12.0. The Morgan fingerprint density at radius 3 is 2.20 bits per heavy atom. The fourth-order valence-corrected chi connectivity index (χ4v) is 4.13. The first kappa shape index (κ1) is 24.2. The van der Waals surface area contributed by atoms with Gasteiger partial charge in [0.25, 0.3) is 0 Å². The van der Waals surface area contributed by atoms with Gasteiger partial charge in [0, 0.05) is 9.75 Å². The van der Waals surface area contributed by atoms with E-state index in [4.69, 9.17) is 9.47 Å². The van der Waals surface area contributed by atoms with Crippen molar-refractivity contribution in [1.82, 2.24) is 10.2 Å². The molecule has 0 saturated heterocycles. The summed E-state index contributed by atoms with van der Waals surface area (Å²) in [6, 6.07) is 7.61. The van der Waals surface area contributed by atoms with Crippen LogP contribution in [0.3, 0.4) is 0 Å². The Morgan fingerprint density at radius 2 is 1.73 bits per heavy atom. The van der Waals surface area contributed by atoms with Gasteiger partial charge in [0.1, 0.15) is 12.2 Å². The van der Waals surface area contributed by atoms with Crippen molar-refractivity contribution < 1.29 is 19.1 Å². The van der Waals surface area contributed by atoms with Gasteiger partial charge in [0.05, 0.1) is 19.1 Å². The molecule has 2 heterocycles. The van der Waals surface area contributed by atoms with Gasteiger partial charge in [-0.1, -0.05) is 31.9 Å². The molecule has 165 valence electrons. The molecule has 2 aromatic rings. The first-order valence-electron chi connectivity index (χ1n) is 10.0. The second-order valence-electron chi connectivity index (χ2n) is 7.93. The minimum Gasteiger partial charge on any atom is -0.447 e. The first-order valence-corrected chi connectivity index (χ1v) is 11.8. The van der Waals surface area contributed by atoms with Gasteiger partial charge in [-0.15, -0.1) is 22.7 Å². The van der Waals surface area contributed by atoms with Crippen LogP contribution in [-0.2, 0) is 22.6 Å². The lowest BCUT2D eigenvalue weighted by molar-refractivity contribution is 0.0443. The molecule has 0 spiro atoms. The summed E-state index contributed by atoms with van der Waals surface area (Å²) in [6.45, 7) is 10.3. The van der Waals surface area contributed by atoms with E-state index in [1.165, 1.54) is 0 Å². The summed E-state index contributed by atoms with van der Waals surface area (Å²) in [5.41, 5.74) is -0.587. The number of ether oxygens (including phenoxy) is 2. The zero-order valence-corrected chi connectivity index (χ0v) is 19.5. The lowest BCUT2D eigenvalue weighted by Gasteiger charge is -2.25. The van der Waals surface area contributed by atoms with Crippen molar-refractivity contribution in [1.29, 1.82) is 0 Å². The molecule has 2 aromatic heterocycles. The maximum atomic E-state index is 12.8. The van der Waals surface area contributed by atoms with Gasteiger partial charge in [-0.05, 0) is 50.1 Å². The van der Waals surface area contributed by atoms with E-state index in [0.717, 1.165) is 22.6 Å². The van der Waals surface area contributed by atoms with E-state index in [1.54, 1.807) is 27.6 Å². The predicted octanol–water partition coefficient (Wildman–Crippen LogP) is 5.85. The van der Waals surface area contributed by atoms with Crippen LogP contribution in [0.5, 0.6) is 0 Å². The topological polar surface area (TPSA) is 67.9 Å². The normalized spacial score (nSPS) is 12.3. The van der Waals surface area contributed by atoms with Gasteiger partial charge >= 0.3 is 12.2 Å². The molecule has 8 heteroatoms. The van der Waals surface area contributed by atoms with Crippen LogP contribution in [0.15, 0.2) is 35.0 Å². The Morgan fingerprint density at radius 1 is 1.13 bits per heavy atom. The molecule has 2 rings (SSSR count). The third-order valence-electron chi connectivity index (χ3n) is 4.04.